The zero-order valence-corrected chi connectivity index (χ0v) is 19.8. The van der Waals surface area contributed by atoms with Crippen molar-refractivity contribution < 1.29 is 23.9 Å². The summed E-state index contributed by atoms with van der Waals surface area (Å²) in [6.45, 7) is 5.87. The molecule has 0 radical (unpaired) electrons. The molecule has 3 amide bonds. The van der Waals surface area contributed by atoms with Crippen LogP contribution in [0.15, 0.2) is 29.2 Å². The number of esters is 1. The lowest BCUT2D eigenvalue weighted by molar-refractivity contribution is -0.129. The van der Waals surface area contributed by atoms with Gasteiger partial charge in [0.05, 0.1) is 24.5 Å². The summed E-state index contributed by atoms with van der Waals surface area (Å²) in [5.74, 6) is -0.778. The van der Waals surface area contributed by atoms with Gasteiger partial charge in [0.25, 0.3) is 0 Å². The first-order chi connectivity index (χ1) is 15.3. The quantitative estimate of drug-likeness (QED) is 0.469. The monoisotopic (exact) mass is 475 g/mol. The van der Waals surface area contributed by atoms with E-state index in [0.717, 1.165) is 15.3 Å². The third-order valence-electron chi connectivity index (χ3n) is 4.76. The Hall–Kier alpha value is -2.85. The molecule has 0 unspecified atom stereocenters. The Morgan fingerprint density at radius 2 is 1.97 bits per heavy atom. The van der Waals surface area contributed by atoms with Crippen molar-refractivity contribution >= 4 is 57.5 Å². The van der Waals surface area contributed by atoms with E-state index >= 15 is 0 Å². The first-order valence-electron chi connectivity index (χ1n) is 10.2. The molecule has 1 aliphatic rings. The first kappa shape index (κ1) is 23.8. The number of benzene rings is 1. The number of nitrogens with one attached hydrogen (secondary N) is 2. The third kappa shape index (κ3) is 5.89. The highest BCUT2D eigenvalue weighted by Gasteiger charge is 2.30. The average Bonchev–Trinajstić information content (AvgIpc) is 3.09. The van der Waals surface area contributed by atoms with Crippen molar-refractivity contribution in [3.63, 3.8) is 0 Å². The van der Waals surface area contributed by atoms with Crippen LogP contribution in [-0.2, 0) is 32.1 Å². The fourth-order valence-electron chi connectivity index (χ4n) is 3.36. The molecular weight excluding hydrogens is 450 g/mol. The zero-order valence-electron chi connectivity index (χ0n) is 18.1. The Labute approximate surface area is 194 Å². The second kappa shape index (κ2) is 10.6. The molecule has 170 valence electrons. The number of thiophene rings is 1. The number of rotatable bonds is 7. The maximum Gasteiger partial charge on any atom is 0.341 e. The summed E-state index contributed by atoms with van der Waals surface area (Å²) in [4.78, 5) is 51.7. The van der Waals surface area contributed by atoms with Crippen molar-refractivity contribution in [2.24, 2.45) is 0 Å². The van der Waals surface area contributed by atoms with Crippen molar-refractivity contribution in [2.75, 3.05) is 29.5 Å². The van der Waals surface area contributed by atoms with E-state index in [0.29, 0.717) is 35.8 Å². The summed E-state index contributed by atoms with van der Waals surface area (Å²) in [6.07, 6.45) is 0.542. The average molecular weight is 476 g/mol. The molecule has 0 saturated heterocycles. The second-order valence-electron chi connectivity index (χ2n) is 7.16. The molecule has 1 aliphatic heterocycles. The van der Waals surface area contributed by atoms with Crippen molar-refractivity contribution in [2.45, 2.75) is 38.6 Å². The number of ether oxygens (including phenoxy) is 1. The van der Waals surface area contributed by atoms with Crippen LogP contribution in [0.3, 0.4) is 0 Å². The van der Waals surface area contributed by atoms with Crippen molar-refractivity contribution in [1.82, 2.24) is 4.90 Å². The smallest absolute Gasteiger partial charge is 0.341 e. The van der Waals surface area contributed by atoms with E-state index in [1.807, 2.05) is 6.07 Å². The van der Waals surface area contributed by atoms with Gasteiger partial charge >= 0.3 is 5.97 Å². The van der Waals surface area contributed by atoms with Crippen LogP contribution in [0.5, 0.6) is 0 Å². The lowest BCUT2D eigenvalue weighted by Gasteiger charge is -2.25. The lowest BCUT2D eigenvalue weighted by atomic mass is 10.0. The predicted molar refractivity (Wildman–Crippen MR) is 125 cm³/mol. The van der Waals surface area contributed by atoms with E-state index < -0.39 is 5.97 Å². The Kier molecular flexibility index (Phi) is 7.92. The molecule has 10 heteroatoms. The van der Waals surface area contributed by atoms with Gasteiger partial charge < -0.3 is 20.3 Å². The number of carbonyl (C=O) groups is 4. The van der Waals surface area contributed by atoms with Gasteiger partial charge in [-0.3, -0.25) is 14.4 Å². The molecule has 8 nitrogen and oxygen atoms in total. The van der Waals surface area contributed by atoms with Crippen LogP contribution >= 0.6 is 23.1 Å². The van der Waals surface area contributed by atoms with Crippen LogP contribution in [0.25, 0.3) is 0 Å². The minimum Gasteiger partial charge on any atom is -0.462 e. The van der Waals surface area contributed by atoms with E-state index in [9.17, 15) is 19.2 Å². The SMILES string of the molecule is CCOC(=O)c1c(NC(=O)CSc2cccc(NC(C)=O)c2)sc2c1CCN(C(C)=O)C2. The van der Waals surface area contributed by atoms with E-state index in [2.05, 4.69) is 10.6 Å². The molecular formula is C22H25N3O5S2. The highest BCUT2D eigenvalue weighted by molar-refractivity contribution is 8.00. The van der Waals surface area contributed by atoms with Gasteiger partial charge in [-0.25, -0.2) is 4.79 Å². The third-order valence-corrected chi connectivity index (χ3v) is 6.89. The zero-order chi connectivity index (χ0) is 23.3. The molecule has 3 rings (SSSR count). The Morgan fingerprint density at radius 3 is 2.66 bits per heavy atom. The van der Waals surface area contributed by atoms with Crippen molar-refractivity contribution in [3.05, 3.63) is 40.3 Å². The van der Waals surface area contributed by atoms with Gasteiger partial charge in [0.1, 0.15) is 5.00 Å². The first-order valence-corrected chi connectivity index (χ1v) is 12.0. The fraction of sp³-hybridized carbons (Fsp3) is 0.364. The van der Waals surface area contributed by atoms with E-state index in [1.165, 1.54) is 36.9 Å². The van der Waals surface area contributed by atoms with Gasteiger partial charge in [-0.2, -0.15) is 0 Å². The molecule has 0 saturated carbocycles. The number of thioether (sulfide) groups is 1. The highest BCUT2D eigenvalue weighted by atomic mass is 32.2. The fourth-order valence-corrected chi connectivity index (χ4v) is 5.38. The number of fused-ring (bicyclic) bond motifs is 1. The normalized spacial score (nSPS) is 12.7. The predicted octanol–water partition coefficient (Wildman–Crippen LogP) is 3.52. The number of carbonyl (C=O) groups excluding carboxylic acids is 4. The van der Waals surface area contributed by atoms with Crippen LogP contribution < -0.4 is 10.6 Å². The number of hydrogen-bond acceptors (Lipinski definition) is 7. The van der Waals surface area contributed by atoms with Crippen molar-refractivity contribution in [3.8, 4) is 0 Å². The summed E-state index contributed by atoms with van der Waals surface area (Å²) in [5, 5.41) is 6.02. The summed E-state index contributed by atoms with van der Waals surface area (Å²) in [7, 11) is 0. The van der Waals surface area contributed by atoms with Gasteiger partial charge in [0, 0.05) is 35.9 Å². The lowest BCUT2D eigenvalue weighted by Crippen LogP contribution is -2.34. The van der Waals surface area contributed by atoms with Gasteiger partial charge in [-0.15, -0.1) is 23.1 Å². The molecule has 32 heavy (non-hydrogen) atoms. The van der Waals surface area contributed by atoms with Gasteiger partial charge in [0.2, 0.25) is 17.7 Å². The van der Waals surface area contributed by atoms with Crippen LogP contribution in [0.1, 0.15) is 41.6 Å². The van der Waals surface area contributed by atoms with Crippen LogP contribution in [0.4, 0.5) is 10.7 Å². The maximum absolute atomic E-state index is 12.7. The van der Waals surface area contributed by atoms with Gasteiger partial charge in [-0.1, -0.05) is 6.07 Å². The number of nitrogens with zero attached hydrogens (tertiary/aromatic N) is 1. The van der Waals surface area contributed by atoms with E-state index in [-0.39, 0.29) is 30.1 Å². The van der Waals surface area contributed by atoms with Gasteiger partial charge in [-0.05, 0) is 37.1 Å². The van der Waals surface area contributed by atoms with E-state index in [1.54, 1.807) is 30.0 Å². The summed E-state index contributed by atoms with van der Waals surface area (Å²) >= 11 is 2.64. The summed E-state index contributed by atoms with van der Waals surface area (Å²) in [6, 6.07) is 7.23. The van der Waals surface area contributed by atoms with Crippen LogP contribution in [0.2, 0.25) is 0 Å². The summed E-state index contributed by atoms with van der Waals surface area (Å²) in [5.41, 5.74) is 1.89. The molecule has 1 aromatic heterocycles. The number of amides is 3. The van der Waals surface area contributed by atoms with Crippen LogP contribution in [0, 0.1) is 0 Å². The molecule has 1 aromatic carbocycles. The molecule has 2 heterocycles. The number of anilines is 2. The van der Waals surface area contributed by atoms with Crippen molar-refractivity contribution in [1.29, 1.82) is 0 Å². The number of hydrogen-bond donors (Lipinski definition) is 2. The van der Waals surface area contributed by atoms with Gasteiger partial charge in [0.15, 0.2) is 0 Å². The Bertz CT molecular complexity index is 1050. The molecule has 0 bridgehead atoms. The Balaban J connectivity index is 1.73. The molecule has 0 atom stereocenters. The standard InChI is InChI=1S/C22H25N3O5S2/c1-4-30-22(29)20-17-8-9-25(14(3)27)11-18(17)32-21(20)24-19(28)12-31-16-7-5-6-15(10-16)23-13(2)26/h5-7,10H,4,8-9,11-12H2,1-3H3,(H,23,26)(H,24,28). The van der Waals surface area contributed by atoms with E-state index in [4.69, 9.17) is 4.74 Å². The second-order valence-corrected chi connectivity index (χ2v) is 9.32. The Morgan fingerprint density at radius 1 is 1.19 bits per heavy atom. The van der Waals surface area contributed by atoms with Crippen LogP contribution in [-0.4, -0.2) is 47.5 Å². The topological polar surface area (TPSA) is 105 Å². The molecule has 0 fully saturated rings. The highest BCUT2D eigenvalue weighted by Crippen LogP contribution is 2.38. The minimum absolute atomic E-state index is 0.0230. The summed E-state index contributed by atoms with van der Waals surface area (Å²) < 4.78 is 5.22. The minimum atomic E-state index is -0.466. The largest absolute Gasteiger partial charge is 0.462 e. The molecule has 2 aromatic rings. The molecule has 2 N–H and O–H groups in total. The molecule has 0 spiro atoms. The molecule has 0 aliphatic carbocycles. The maximum atomic E-state index is 12.7.